The summed E-state index contributed by atoms with van der Waals surface area (Å²) in [4.78, 5) is 13.9. The predicted octanol–water partition coefficient (Wildman–Crippen LogP) is 1.67. The van der Waals surface area contributed by atoms with Gasteiger partial charge in [0.2, 0.25) is 5.91 Å². The fourth-order valence-electron chi connectivity index (χ4n) is 2.45. The van der Waals surface area contributed by atoms with Gasteiger partial charge in [0.25, 0.3) is 0 Å². The number of carbonyl (C=O) groups excluding carboxylic acids is 1. The van der Waals surface area contributed by atoms with Crippen molar-refractivity contribution in [1.82, 2.24) is 4.90 Å². The van der Waals surface area contributed by atoms with Gasteiger partial charge in [-0.3, -0.25) is 4.79 Å². The van der Waals surface area contributed by atoms with E-state index in [-0.39, 0.29) is 17.9 Å². The monoisotopic (exact) mass is 327 g/mol. The minimum absolute atomic E-state index is 0.0536. The number of hydrogen-bond donors (Lipinski definition) is 1. The van der Waals surface area contributed by atoms with Crippen LogP contribution in [0.3, 0.4) is 0 Å². The Kier molecular flexibility index (Phi) is 5.79. The summed E-state index contributed by atoms with van der Waals surface area (Å²) in [6.07, 6.45) is 0.545. The molecule has 0 bridgehead atoms. The van der Waals surface area contributed by atoms with Crippen LogP contribution < -0.4 is 14.2 Å². The molecule has 1 aromatic rings. The number of aliphatic hydroxyl groups excluding tert-OH is 1. The van der Waals surface area contributed by atoms with Gasteiger partial charge < -0.3 is 24.2 Å². The number of nitrogens with zero attached hydrogens (tertiary/aromatic N) is 1. The molecule has 7 heteroatoms. The SMILES string of the molecule is COc1cc(OC)c(C2SCC(=O)N2CCCO)c(OC)c1. The summed E-state index contributed by atoms with van der Waals surface area (Å²) in [5, 5.41) is 8.84. The summed E-state index contributed by atoms with van der Waals surface area (Å²) in [6, 6.07) is 3.57. The lowest BCUT2D eigenvalue weighted by Crippen LogP contribution is -2.30. The molecular formula is C15H21NO5S. The van der Waals surface area contributed by atoms with E-state index in [4.69, 9.17) is 19.3 Å². The molecule has 1 atom stereocenters. The zero-order chi connectivity index (χ0) is 16.1. The molecule has 1 aliphatic heterocycles. The van der Waals surface area contributed by atoms with Crippen LogP contribution in [0.15, 0.2) is 12.1 Å². The molecule has 1 saturated heterocycles. The van der Waals surface area contributed by atoms with Gasteiger partial charge in [-0.1, -0.05) is 0 Å². The second kappa shape index (κ2) is 7.60. The smallest absolute Gasteiger partial charge is 0.233 e. The molecule has 0 aliphatic carbocycles. The number of thioether (sulfide) groups is 1. The van der Waals surface area contributed by atoms with Gasteiger partial charge >= 0.3 is 0 Å². The highest BCUT2D eigenvalue weighted by atomic mass is 32.2. The molecule has 0 spiro atoms. The number of aliphatic hydroxyl groups is 1. The molecule has 1 amide bonds. The lowest BCUT2D eigenvalue weighted by atomic mass is 10.1. The van der Waals surface area contributed by atoms with Crippen molar-refractivity contribution in [2.24, 2.45) is 0 Å². The van der Waals surface area contributed by atoms with E-state index in [0.29, 0.717) is 36.0 Å². The highest BCUT2D eigenvalue weighted by molar-refractivity contribution is 8.00. The van der Waals surface area contributed by atoms with Gasteiger partial charge in [0.05, 0.1) is 32.6 Å². The first-order valence-electron chi connectivity index (χ1n) is 6.98. The molecule has 122 valence electrons. The Morgan fingerprint density at radius 1 is 1.23 bits per heavy atom. The van der Waals surface area contributed by atoms with Crippen LogP contribution in [0.25, 0.3) is 0 Å². The Bertz CT molecular complexity index is 512. The van der Waals surface area contributed by atoms with Crippen molar-refractivity contribution in [3.05, 3.63) is 17.7 Å². The number of hydrogen-bond acceptors (Lipinski definition) is 6. The highest BCUT2D eigenvalue weighted by Gasteiger charge is 2.36. The molecule has 2 rings (SSSR count). The van der Waals surface area contributed by atoms with Gasteiger partial charge in [-0.25, -0.2) is 0 Å². The van der Waals surface area contributed by atoms with Crippen molar-refractivity contribution < 1.29 is 24.1 Å². The Morgan fingerprint density at radius 3 is 2.36 bits per heavy atom. The lowest BCUT2D eigenvalue weighted by Gasteiger charge is -2.27. The van der Waals surface area contributed by atoms with Crippen molar-refractivity contribution in [1.29, 1.82) is 0 Å². The topological polar surface area (TPSA) is 68.2 Å². The van der Waals surface area contributed by atoms with E-state index >= 15 is 0 Å². The molecule has 0 aromatic heterocycles. The number of ether oxygens (including phenoxy) is 3. The van der Waals surface area contributed by atoms with Gasteiger partial charge in [0.15, 0.2) is 0 Å². The van der Waals surface area contributed by atoms with Gasteiger partial charge in [-0.05, 0) is 6.42 Å². The Hall–Kier alpha value is -1.60. The molecule has 0 radical (unpaired) electrons. The Morgan fingerprint density at radius 2 is 1.86 bits per heavy atom. The molecule has 1 fully saturated rings. The maximum absolute atomic E-state index is 12.1. The average Bonchev–Trinajstić information content (AvgIpc) is 2.91. The van der Waals surface area contributed by atoms with E-state index in [0.717, 1.165) is 5.56 Å². The maximum Gasteiger partial charge on any atom is 0.233 e. The summed E-state index contributed by atoms with van der Waals surface area (Å²) in [7, 11) is 4.74. The van der Waals surface area contributed by atoms with E-state index in [1.807, 2.05) is 0 Å². The molecule has 0 saturated carbocycles. The van der Waals surface area contributed by atoms with Crippen LogP contribution in [0, 0.1) is 0 Å². The van der Waals surface area contributed by atoms with Gasteiger partial charge in [-0.2, -0.15) is 0 Å². The third kappa shape index (κ3) is 3.25. The van der Waals surface area contributed by atoms with Gasteiger partial charge in [0, 0.05) is 25.3 Å². The zero-order valence-electron chi connectivity index (χ0n) is 13.0. The molecular weight excluding hydrogens is 306 g/mol. The first kappa shape index (κ1) is 16.8. The van der Waals surface area contributed by atoms with Crippen molar-refractivity contribution >= 4 is 17.7 Å². The van der Waals surface area contributed by atoms with Crippen LogP contribution in [-0.4, -0.2) is 56.1 Å². The average molecular weight is 327 g/mol. The fraction of sp³-hybridized carbons (Fsp3) is 0.533. The van der Waals surface area contributed by atoms with Crippen LogP contribution in [0.5, 0.6) is 17.2 Å². The summed E-state index contributed by atoms with van der Waals surface area (Å²) in [6.45, 7) is 0.559. The van der Waals surface area contributed by atoms with Gasteiger partial charge in [-0.15, -0.1) is 11.8 Å². The van der Waals surface area contributed by atoms with E-state index in [1.54, 1.807) is 38.4 Å². The van der Waals surface area contributed by atoms with E-state index in [1.165, 1.54) is 11.8 Å². The molecule has 6 nitrogen and oxygen atoms in total. The van der Waals surface area contributed by atoms with Crippen molar-refractivity contribution in [3.63, 3.8) is 0 Å². The lowest BCUT2D eigenvalue weighted by molar-refractivity contribution is -0.128. The normalized spacial score (nSPS) is 17.7. The first-order chi connectivity index (χ1) is 10.7. The van der Waals surface area contributed by atoms with Crippen molar-refractivity contribution in [3.8, 4) is 17.2 Å². The summed E-state index contributed by atoms with van der Waals surface area (Å²) in [5.74, 6) is 2.35. The number of amides is 1. The highest BCUT2D eigenvalue weighted by Crippen LogP contribution is 2.48. The largest absolute Gasteiger partial charge is 0.496 e. The molecule has 1 N–H and O–H groups in total. The number of benzene rings is 1. The molecule has 22 heavy (non-hydrogen) atoms. The molecule has 1 aliphatic rings. The van der Waals surface area contributed by atoms with Crippen LogP contribution in [0.1, 0.15) is 17.4 Å². The van der Waals surface area contributed by atoms with E-state index in [9.17, 15) is 4.79 Å². The van der Waals surface area contributed by atoms with Crippen molar-refractivity contribution in [2.75, 3.05) is 40.2 Å². The standard InChI is InChI=1S/C15H21NO5S/c1-19-10-7-11(20-2)14(12(8-10)21-3)15-16(5-4-6-17)13(18)9-22-15/h7-8,15,17H,4-6,9H2,1-3H3. The third-order valence-corrected chi connectivity index (χ3v) is 4.74. The second-order valence-electron chi connectivity index (χ2n) is 4.77. The summed E-state index contributed by atoms with van der Waals surface area (Å²) < 4.78 is 16.2. The van der Waals surface area contributed by atoms with Crippen molar-refractivity contribution in [2.45, 2.75) is 11.8 Å². The molecule has 1 heterocycles. The van der Waals surface area contributed by atoms with Crippen LogP contribution in [-0.2, 0) is 4.79 Å². The minimum atomic E-state index is -0.185. The Labute approximate surface area is 134 Å². The fourth-order valence-corrected chi connectivity index (χ4v) is 3.72. The predicted molar refractivity (Wildman–Crippen MR) is 84.7 cm³/mol. The molecule has 1 aromatic carbocycles. The second-order valence-corrected chi connectivity index (χ2v) is 5.84. The van der Waals surface area contributed by atoms with Crippen LogP contribution >= 0.6 is 11.8 Å². The maximum atomic E-state index is 12.1. The molecule has 1 unspecified atom stereocenters. The summed E-state index contributed by atoms with van der Waals surface area (Å²) >= 11 is 1.53. The number of methoxy groups -OCH3 is 3. The van der Waals surface area contributed by atoms with Crippen LogP contribution in [0.2, 0.25) is 0 Å². The number of carbonyl (C=O) groups is 1. The third-order valence-electron chi connectivity index (χ3n) is 3.53. The van der Waals surface area contributed by atoms with E-state index < -0.39 is 0 Å². The van der Waals surface area contributed by atoms with E-state index in [2.05, 4.69) is 0 Å². The first-order valence-corrected chi connectivity index (χ1v) is 8.03. The zero-order valence-corrected chi connectivity index (χ0v) is 13.8. The minimum Gasteiger partial charge on any atom is -0.496 e. The quantitative estimate of drug-likeness (QED) is 0.822. The summed E-state index contributed by atoms with van der Waals surface area (Å²) in [5.41, 5.74) is 0.819. The van der Waals surface area contributed by atoms with Gasteiger partial charge in [0.1, 0.15) is 22.6 Å². The number of rotatable bonds is 7. The Balaban J connectivity index is 2.43. The van der Waals surface area contributed by atoms with Crippen LogP contribution in [0.4, 0.5) is 0 Å².